The predicted octanol–water partition coefficient (Wildman–Crippen LogP) is 4.40. The molecule has 1 atom stereocenters. The minimum Gasteiger partial charge on any atom is -0.490 e. The summed E-state index contributed by atoms with van der Waals surface area (Å²) in [5.74, 6) is 0.855. The van der Waals surface area contributed by atoms with Gasteiger partial charge in [0.15, 0.2) is 0 Å². The second kappa shape index (κ2) is 7.14. The molecule has 5 nitrogen and oxygen atoms in total. The van der Waals surface area contributed by atoms with Gasteiger partial charge >= 0.3 is 0 Å². The molecule has 0 aliphatic carbocycles. The Kier molecular flexibility index (Phi) is 5.20. The lowest BCUT2D eigenvalue weighted by Crippen LogP contribution is -2.05. The molecule has 1 aliphatic rings. The quantitative estimate of drug-likeness (QED) is 0.575. The highest BCUT2D eigenvalue weighted by Crippen LogP contribution is 2.41. The zero-order valence-electron chi connectivity index (χ0n) is 14.3. The molecule has 3 rings (SSSR count). The first-order chi connectivity index (χ1) is 11.4. The molecule has 0 bridgehead atoms. The van der Waals surface area contributed by atoms with Gasteiger partial charge in [-0.25, -0.2) is 0 Å². The van der Waals surface area contributed by atoms with Crippen LogP contribution in [0.25, 0.3) is 0 Å². The first-order valence-electron chi connectivity index (χ1n) is 7.75. The van der Waals surface area contributed by atoms with Crippen molar-refractivity contribution in [1.82, 2.24) is 0 Å². The van der Waals surface area contributed by atoms with E-state index in [0.29, 0.717) is 5.56 Å². The van der Waals surface area contributed by atoms with E-state index >= 15 is 0 Å². The number of nitro benzene ring substituents is 1. The molecule has 0 fully saturated rings. The van der Waals surface area contributed by atoms with Gasteiger partial charge in [-0.1, -0.05) is 18.2 Å². The third-order valence-electron chi connectivity index (χ3n) is 4.24. The Bertz CT molecular complexity index is 808. The maximum atomic E-state index is 11.0. The van der Waals surface area contributed by atoms with E-state index < -0.39 is 0 Å². The molecule has 0 radical (unpaired) electrons. The summed E-state index contributed by atoms with van der Waals surface area (Å²) in [6.07, 6.45) is 0.886. The lowest BCUT2D eigenvalue weighted by Gasteiger charge is -2.11. The molecular weight excluding hydrogens is 304 g/mol. The molecule has 2 aromatic carbocycles. The maximum Gasteiger partial charge on any atom is 0.275 e. The van der Waals surface area contributed by atoms with E-state index in [2.05, 4.69) is 0 Å². The Morgan fingerprint density at radius 2 is 1.79 bits per heavy atom. The average Bonchev–Trinajstić information content (AvgIpc) is 2.96. The Morgan fingerprint density at radius 3 is 2.29 bits per heavy atom. The van der Waals surface area contributed by atoms with Gasteiger partial charge in [-0.3, -0.25) is 10.1 Å². The number of nitro groups is 1. The largest absolute Gasteiger partial charge is 0.490 e. The fourth-order valence-electron chi connectivity index (χ4n) is 2.89. The van der Waals surface area contributed by atoms with E-state index in [9.17, 15) is 10.1 Å². The summed E-state index contributed by atoms with van der Waals surface area (Å²) >= 11 is 0. The van der Waals surface area contributed by atoms with Crippen LogP contribution in [-0.2, 0) is 6.42 Å². The molecule has 0 aromatic heterocycles. The molecule has 5 heteroatoms. The number of nitriles is 1. The first-order valence-corrected chi connectivity index (χ1v) is 7.75. The molecule has 0 N–H and O–H groups in total. The van der Waals surface area contributed by atoms with Gasteiger partial charge < -0.3 is 4.74 Å². The van der Waals surface area contributed by atoms with E-state index in [1.165, 1.54) is 0 Å². The van der Waals surface area contributed by atoms with E-state index in [4.69, 9.17) is 10.00 Å². The number of fused-ring (bicyclic) bond motifs is 1. The molecule has 1 heterocycles. The van der Waals surface area contributed by atoms with E-state index in [0.717, 1.165) is 34.4 Å². The number of ether oxygens (including phenoxy) is 1. The topological polar surface area (TPSA) is 76.2 Å². The summed E-state index contributed by atoms with van der Waals surface area (Å²) < 4.78 is 5.71. The summed E-state index contributed by atoms with van der Waals surface area (Å²) in [5, 5.41) is 19.3. The number of hydrogen-bond donors (Lipinski definition) is 0. The minimum atomic E-state index is -0.291. The summed E-state index contributed by atoms with van der Waals surface area (Å²) in [7, 11) is 0. The van der Waals surface area contributed by atoms with Crippen LogP contribution in [0.3, 0.4) is 0 Å². The van der Waals surface area contributed by atoms with E-state index in [1.807, 2.05) is 45.0 Å². The van der Waals surface area contributed by atoms with Gasteiger partial charge in [0.05, 0.1) is 16.6 Å². The Labute approximate surface area is 141 Å². The fourth-order valence-corrected chi connectivity index (χ4v) is 2.89. The number of hydrogen-bond acceptors (Lipinski definition) is 4. The van der Waals surface area contributed by atoms with Crippen LogP contribution in [0.5, 0.6) is 5.75 Å². The number of rotatable bonds is 1. The van der Waals surface area contributed by atoms with Crippen molar-refractivity contribution < 1.29 is 9.66 Å². The molecule has 2 aromatic rings. The monoisotopic (exact) mass is 324 g/mol. The molecule has 124 valence electrons. The normalized spacial score (nSPS) is 14.7. The van der Waals surface area contributed by atoms with Crippen LogP contribution in [0.4, 0.5) is 5.69 Å². The van der Waals surface area contributed by atoms with Crippen LogP contribution in [0, 0.1) is 42.2 Å². The van der Waals surface area contributed by atoms with E-state index in [1.54, 1.807) is 19.1 Å². The van der Waals surface area contributed by atoms with Crippen molar-refractivity contribution >= 4 is 5.69 Å². The van der Waals surface area contributed by atoms with Gasteiger partial charge in [0, 0.05) is 28.7 Å². The van der Waals surface area contributed by atoms with Crippen molar-refractivity contribution in [3.63, 3.8) is 0 Å². The highest BCUT2D eigenvalue weighted by Gasteiger charge is 2.30. The van der Waals surface area contributed by atoms with Crippen molar-refractivity contribution in [1.29, 1.82) is 5.26 Å². The van der Waals surface area contributed by atoms with Gasteiger partial charge in [-0.05, 0) is 39.8 Å². The summed E-state index contributed by atoms with van der Waals surface area (Å²) in [6.45, 7) is 7.47. The number of benzene rings is 2. The van der Waals surface area contributed by atoms with Crippen LogP contribution in [0.2, 0.25) is 0 Å². The lowest BCUT2D eigenvalue weighted by atomic mass is 9.95. The second-order valence-electron chi connectivity index (χ2n) is 5.90. The highest BCUT2D eigenvalue weighted by atomic mass is 16.6. The van der Waals surface area contributed by atoms with Crippen LogP contribution in [0.15, 0.2) is 30.3 Å². The molecule has 0 saturated carbocycles. The third kappa shape index (κ3) is 3.38. The molecule has 1 aliphatic heterocycles. The van der Waals surface area contributed by atoms with Crippen LogP contribution in [-0.4, -0.2) is 11.0 Å². The SMILES string of the molecule is Cc1c(C)c([N+](=O)[O-])c(C)c2c1OC(C)C2.N#Cc1ccccc1. The smallest absolute Gasteiger partial charge is 0.275 e. The predicted molar refractivity (Wildman–Crippen MR) is 92.3 cm³/mol. The molecular formula is C19H20N2O3. The van der Waals surface area contributed by atoms with Crippen molar-refractivity contribution in [2.24, 2.45) is 0 Å². The van der Waals surface area contributed by atoms with Gasteiger partial charge in [-0.2, -0.15) is 5.26 Å². The van der Waals surface area contributed by atoms with Crippen molar-refractivity contribution in [2.75, 3.05) is 0 Å². The van der Waals surface area contributed by atoms with Crippen LogP contribution < -0.4 is 4.74 Å². The Balaban J connectivity index is 0.000000219. The third-order valence-corrected chi connectivity index (χ3v) is 4.24. The summed E-state index contributed by atoms with van der Waals surface area (Å²) in [4.78, 5) is 10.8. The molecule has 0 spiro atoms. The molecule has 1 unspecified atom stereocenters. The first kappa shape index (κ1) is 17.5. The standard InChI is InChI=1S/C12H15NO3.C7H5N/c1-6-5-10-9(4)11(13(14)15)7(2)8(3)12(10)16-6;8-6-7-4-2-1-3-5-7/h6H,5H2,1-4H3;1-5H. The van der Waals surface area contributed by atoms with Gasteiger partial charge in [0.1, 0.15) is 11.9 Å². The zero-order valence-corrected chi connectivity index (χ0v) is 14.3. The summed E-state index contributed by atoms with van der Waals surface area (Å²) in [5.41, 5.74) is 4.34. The molecule has 0 amide bonds. The minimum absolute atomic E-state index is 0.119. The molecule has 24 heavy (non-hydrogen) atoms. The maximum absolute atomic E-state index is 11.0. The highest BCUT2D eigenvalue weighted by molar-refractivity contribution is 5.62. The Hall–Kier alpha value is -2.87. The zero-order chi connectivity index (χ0) is 17.9. The van der Waals surface area contributed by atoms with Crippen LogP contribution in [0.1, 0.15) is 34.7 Å². The number of nitrogens with zero attached hydrogens (tertiary/aromatic N) is 2. The van der Waals surface area contributed by atoms with Crippen molar-refractivity contribution in [2.45, 2.75) is 40.2 Å². The fraction of sp³-hybridized carbons (Fsp3) is 0.316. The van der Waals surface area contributed by atoms with Gasteiger partial charge in [0.2, 0.25) is 0 Å². The second-order valence-corrected chi connectivity index (χ2v) is 5.90. The lowest BCUT2D eigenvalue weighted by molar-refractivity contribution is -0.386. The molecule has 0 saturated heterocycles. The van der Waals surface area contributed by atoms with E-state index in [-0.39, 0.29) is 16.7 Å². The van der Waals surface area contributed by atoms with Crippen LogP contribution >= 0.6 is 0 Å². The Morgan fingerprint density at radius 1 is 1.17 bits per heavy atom. The van der Waals surface area contributed by atoms with Gasteiger partial charge in [-0.15, -0.1) is 0 Å². The average molecular weight is 324 g/mol. The summed E-state index contributed by atoms with van der Waals surface area (Å²) in [6, 6.07) is 11.2. The van der Waals surface area contributed by atoms with Gasteiger partial charge in [0.25, 0.3) is 5.69 Å². The van der Waals surface area contributed by atoms with Crippen molar-refractivity contribution in [3.8, 4) is 11.8 Å². The van der Waals surface area contributed by atoms with Crippen molar-refractivity contribution in [3.05, 3.63) is 68.3 Å².